The Morgan fingerprint density at radius 3 is 2.67 bits per heavy atom. The van der Waals surface area contributed by atoms with Crippen molar-refractivity contribution in [1.82, 2.24) is 15.2 Å². The molecule has 0 bridgehead atoms. The second-order valence-corrected chi connectivity index (χ2v) is 5.56. The van der Waals surface area contributed by atoms with Crippen LogP contribution in [0.2, 0.25) is 0 Å². The van der Waals surface area contributed by atoms with E-state index in [-0.39, 0.29) is 19.0 Å². The summed E-state index contributed by atoms with van der Waals surface area (Å²) in [5, 5.41) is 11.3. The average Bonchev–Trinajstić information content (AvgIpc) is 3.02. The third kappa shape index (κ3) is 5.12. The highest BCUT2D eigenvalue weighted by molar-refractivity contribution is 5.75. The summed E-state index contributed by atoms with van der Waals surface area (Å²) < 4.78 is 5.46. The summed E-state index contributed by atoms with van der Waals surface area (Å²) in [6.07, 6.45) is 2.04. The van der Waals surface area contributed by atoms with Crippen LogP contribution in [0, 0.1) is 6.92 Å². The van der Waals surface area contributed by atoms with Crippen LogP contribution >= 0.6 is 0 Å². The first kappa shape index (κ1) is 17.5. The lowest BCUT2D eigenvalue weighted by Crippen LogP contribution is -2.39. The van der Waals surface area contributed by atoms with E-state index in [2.05, 4.69) is 10.3 Å². The molecule has 0 saturated carbocycles. The van der Waals surface area contributed by atoms with Gasteiger partial charge >= 0.3 is 12.0 Å². The van der Waals surface area contributed by atoms with Gasteiger partial charge in [0, 0.05) is 32.1 Å². The van der Waals surface area contributed by atoms with Gasteiger partial charge in [-0.05, 0) is 19.1 Å². The number of aryl methyl sites for hydroxylation is 1. The number of urea groups is 1. The zero-order valence-electron chi connectivity index (χ0n) is 13.8. The smallest absolute Gasteiger partial charge is 0.317 e. The number of amides is 2. The lowest BCUT2D eigenvalue weighted by molar-refractivity contribution is -0.137. The van der Waals surface area contributed by atoms with E-state index in [9.17, 15) is 9.59 Å². The summed E-state index contributed by atoms with van der Waals surface area (Å²) >= 11 is 0. The number of nitrogens with one attached hydrogen (secondary N) is 1. The van der Waals surface area contributed by atoms with E-state index in [1.54, 1.807) is 13.3 Å². The summed E-state index contributed by atoms with van der Waals surface area (Å²) in [5.41, 5.74) is 2.82. The largest absolute Gasteiger partial charge is 0.481 e. The fraction of sp³-hybridized carbons (Fsp3) is 0.353. The molecule has 0 radical (unpaired) electrons. The molecule has 128 valence electrons. The SMILES string of the molecule is Cc1ccc(-c2nc(CCNC(=O)N(C)CCC(=O)O)co2)cc1. The van der Waals surface area contributed by atoms with Gasteiger partial charge in [0.25, 0.3) is 0 Å². The van der Waals surface area contributed by atoms with Crippen molar-refractivity contribution in [3.63, 3.8) is 0 Å². The van der Waals surface area contributed by atoms with Crippen LogP contribution in [0.5, 0.6) is 0 Å². The molecule has 2 aromatic rings. The number of carbonyl (C=O) groups excluding carboxylic acids is 1. The lowest BCUT2D eigenvalue weighted by Gasteiger charge is -2.16. The monoisotopic (exact) mass is 331 g/mol. The summed E-state index contributed by atoms with van der Waals surface area (Å²) in [7, 11) is 1.56. The molecular weight excluding hydrogens is 310 g/mol. The van der Waals surface area contributed by atoms with Gasteiger partial charge in [0.1, 0.15) is 6.26 Å². The van der Waals surface area contributed by atoms with E-state index < -0.39 is 5.97 Å². The molecule has 0 spiro atoms. The predicted octanol–water partition coefficient (Wildman–Crippen LogP) is 2.31. The second-order valence-electron chi connectivity index (χ2n) is 5.56. The van der Waals surface area contributed by atoms with E-state index in [0.717, 1.165) is 11.3 Å². The van der Waals surface area contributed by atoms with Crippen LogP contribution < -0.4 is 5.32 Å². The molecule has 7 nitrogen and oxygen atoms in total. The first-order chi connectivity index (χ1) is 11.5. The molecule has 0 atom stereocenters. The zero-order valence-corrected chi connectivity index (χ0v) is 13.8. The number of aromatic nitrogens is 1. The van der Waals surface area contributed by atoms with E-state index >= 15 is 0 Å². The minimum Gasteiger partial charge on any atom is -0.481 e. The molecule has 7 heteroatoms. The summed E-state index contributed by atoms with van der Waals surface area (Å²) in [6.45, 7) is 2.58. The number of oxazole rings is 1. The summed E-state index contributed by atoms with van der Waals surface area (Å²) in [5.74, 6) is -0.379. The second kappa shape index (κ2) is 8.14. The highest BCUT2D eigenvalue weighted by Crippen LogP contribution is 2.19. The van der Waals surface area contributed by atoms with Crippen LogP contribution in [-0.2, 0) is 11.2 Å². The molecule has 0 saturated heterocycles. The number of carboxylic acid groups (broad SMARTS) is 1. The molecule has 2 N–H and O–H groups in total. The van der Waals surface area contributed by atoms with Crippen LogP contribution in [0.15, 0.2) is 34.9 Å². The maximum Gasteiger partial charge on any atom is 0.317 e. The van der Waals surface area contributed by atoms with Gasteiger partial charge in [-0.15, -0.1) is 0 Å². The Kier molecular flexibility index (Phi) is 5.95. The fourth-order valence-corrected chi connectivity index (χ4v) is 2.05. The highest BCUT2D eigenvalue weighted by atomic mass is 16.4. The van der Waals surface area contributed by atoms with Crippen molar-refractivity contribution in [3.05, 3.63) is 41.8 Å². The maximum absolute atomic E-state index is 11.8. The van der Waals surface area contributed by atoms with E-state index in [0.29, 0.717) is 18.9 Å². The third-order valence-electron chi connectivity index (χ3n) is 3.52. The van der Waals surface area contributed by atoms with Crippen LogP contribution in [0.1, 0.15) is 17.7 Å². The number of rotatable bonds is 7. The van der Waals surface area contributed by atoms with E-state index in [1.165, 1.54) is 10.5 Å². The van der Waals surface area contributed by atoms with Crippen LogP contribution in [0.4, 0.5) is 4.79 Å². The van der Waals surface area contributed by atoms with Crippen molar-refractivity contribution in [2.45, 2.75) is 19.8 Å². The number of aliphatic carboxylic acids is 1. The van der Waals surface area contributed by atoms with Crippen molar-refractivity contribution in [2.75, 3.05) is 20.1 Å². The third-order valence-corrected chi connectivity index (χ3v) is 3.52. The van der Waals surface area contributed by atoms with Gasteiger partial charge in [-0.3, -0.25) is 4.79 Å². The Morgan fingerprint density at radius 1 is 1.29 bits per heavy atom. The maximum atomic E-state index is 11.8. The van der Waals surface area contributed by atoms with Gasteiger partial charge < -0.3 is 19.7 Å². The van der Waals surface area contributed by atoms with Gasteiger partial charge in [-0.1, -0.05) is 17.7 Å². The number of hydrogen-bond acceptors (Lipinski definition) is 4. The molecule has 2 amide bonds. The summed E-state index contributed by atoms with van der Waals surface area (Å²) in [4.78, 5) is 28.0. The van der Waals surface area contributed by atoms with Gasteiger partial charge in [0.05, 0.1) is 12.1 Å². The molecule has 0 fully saturated rings. The van der Waals surface area contributed by atoms with Crippen LogP contribution in [-0.4, -0.2) is 47.1 Å². The Balaban J connectivity index is 1.80. The molecule has 0 aliphatic rings. The first-order valence-electron chi connectivity index (χ1n) is 7.68. The van der Waals surface area contributed by atoms with Gasteiger partial charge in [0.2, 0.25) is 5.89 Å². The molecule has 1 aromatic carbocycles. The van der Waals surface area contributed by atoms with E-state index in [1.807, 2.05) is 31.2 Å². The molecule has 2 rings (SSSR count). The fourth-order valence-electron chi connectivity index (χ4n) is 2.05. The van der Waals surface area contributed by atoms with E-state index in [4.69, 9.17) is 9.52 Å². The molecule has 24 heavy (non-hydrogen) atoms. The number of carbonyl (C=O) groups is 2. The topological polar surface area (TPSA) is 95.7 Å². The molecule has 1 heterocycles. The Bertz CT molecular complexity index is 694. The number of carboxylic acids is 1. The number of benzene rings is 1. The molecule has 0 unspecified atom stereocenters. The minimum atomic E-state index is -0.930. The van der Waals surface area contributed by atoms with Gasteiger partial charge in [0.15, 0.2) is 0 Å². The van der Waals surface area contributed by atoms with Crippen molar-refractivity contribution >= 4 is 12.0 Å². The quantitative estimate of drug-likeness (QED) is 0.811. The van der Waals surface area contributed by atoms with Crippen molar-refractivity contribution in [1.29, 1.82) is 0 Å². The van der Waals surface area contributed by atoms with Gasteiger partial charge in [-0.25, -0.2) is 9.78 Å². The Morgan fingerprint density at radius 2 is 2.00 bits per heavy atom. The van der Waals surface area contributed by atoms with Gasteiger partial charge in [-0.2, -0.15) is 0 Å². The van der Waals surface area contributed by atoms with Crippen molar-refractivity contribution in [3.8, 4) is 11.5 Å². The Hall–Kier alpha value is -2.83. The molecule has 1 aromatic heterocycles. The van der Waals surface area contributed by atoms with Crippen molar-refractivity contribution < 1.29 is 19.1 Å². The highest BCUT2D eigenvalue weighted by Gasteiger charge is 2.10. The predicted molar refractivity (Wildman–Crippen MR) is 88.7 cm³/mol. The zero-order chi connectivity index (χ0) is 17.5. The normalized spacial score (nSPS) is 10.4. The molecule has 0 aliphatic heterocycles. The number of hydrogen-bond donors (Lipinski definition) is 2. The summed E-state index contributed by atoms with van der Waals surface area (Å²) in [6, 6.07) is 7.58. The van der Waals surface area contributed by atoms with Crippen LogP contribution in [0.25, 0.3) is 11.5 Å². The van der Waals surface area contributed by atoms with Crippen molar-refractivity contribution in [2.24, 2.45) is 0 Å². The van der Waals surface area contributed by atoms with Crippen LogP contribution in [0.3, 0.4) is 0 Å². The lowest BCUT2D eigenvalue weighted by atomic mass is 10.1. The number of nitrogens with zero attached hydrogens (tertiary/aromatic N) is 2. The average molecular weight is 331 g/mol. The Labute approximate surface area is 140 Å². The first-order valence-corrected chi connectivity index (χ1v) is 7.68. The molecular formula is C17H21N3O4. The molecule has 0 aliphatic carbocycles. The minimum absolute atomic E-state index is 0.0763. The standard InChI is InChI=1S/C17H21N3O4/c1-12-3-5-13(6-4-12)16-19-14(11-24-16)7-9-18-17(23)20(2)10-8-15(21)22/h3-6,11H,7-10H2,1-2H3,(H,18,23)(H,21,22).